The Bertz CT molecular complexity index is 1040. The number of carbonyl (C=O) groups is 1. The Kier molecular flexibility index (Phi) is 7.25. The van der Waals surface area contributed by atoms with Gasteiger partial charge in [0.05, 0.1) is 43.3 Å². The van der Waals surface area contributed by atoms with E-state index < -0.39 is 0 Å². The maximum atomic E-state index is 13.9. The summed E-state index contributed by atoms with van der Waals surface area (Å²) in [5.41, 5.74) is 4.03. The van der Waals surface area contributed by atoms with Gasteiger partial charge in [0.2, 0.25) is 5.91 Å². The van der Waals surface area contributed by atoms with Crippen LogP contribution < -0.4 is 15.1 Å². The molecule has 1 amide bonds. The summed E-state index contributed by atoms with van der Waals surface area (Å²) in [6.07, 6.45) is 8.30. The van der Waals surface area contributed by atoms with E-state index >= 15 is 0 Å². The first-order valence-electron chi connectivity index (χ1n) is 13.1. The van der Waals surface area contributed by atoms with Crippen LogP contribution in [0.4, 0.5) is 22.9 Å². The zero-order valence-electron chi connectivity index (χ0n) is 21.2. The second kappa shape index (κ2) is 10.5. The quantitative estimate of drug-likeness (QED) is 0.631. The van der Waals surface area contributed by atoms with E-state index in [4.69, 9.17) is 9.47 Å². The van der Waals surface area contributed by atoms with Gasteiger partial charge in [-0.2, -0.15) is 0 Å². The number of fused-ring (bicyclic) bond motifs is 2. The van der Waals surface area contributed by atoms with Crippen LogP contribution in [0.5, 0.6) is 0 Å². The lowest BCUT2D eigenvalue weighted by molar-refractivity contribution is -0.123. The number of amides is 1. The summed E-state index contributed by atoms with van der Waals surface area (Å²) in [4.78, 5) is 22.9. The molecule has 188 valence electrons. The van der Waals surface area contributed by atoms with Gasteiger partial charge in [-0.15, -0.1) is 0 Å². The highest BCUT2D eigenvalue weighted by molar-refractivity contribution is 6.00. The maximum Gasteiger partial charge on any atom is 0.230 e. The molecule has 2 aliphatic heterocycles. The van der Waals surface area contributed by atoms with Crippen molar-refractivity contribution in [2.75, 3.05) is 35.4 Å². The van der Waals surface area contributed by atoms with Crippen molar-refractivity contribution in [2.24, 2.45) is 5.92 Å². The van der Waals surface area contributed by atoms with Crippen LogP contribution in [0.25, 0.3) is 0 Å². The summed E-state index contributed by atoms with van der Waals surface area (Å²) in [7, 11) is 1.76. The fourth-order valence-electron chi connectivity index (χ4n) is 5.86. The molecule has 1 saturated carbocycles. The average molecular weight is 479 g/mol. The standard InChI is InChI=1S/C28H38N4O3/c1-19-17-35-18-24(14-20(2)34-3)32(19)23-11-12-25-26(15-23)31(28(33)21-8-5-4-6-9-21)16-22-10-7-13-29-27(22)30-25/h7,10-13,15,19-21,24H,4-6,8-9,14,16-18H2,1-3H3,(H,29,30). The van der Waals surface area contributed by atoms with Crippen molar-refractivity contribution in [3.05, 3.63) is 42.1 Å². The number of anilines is 4. The molecule has 0 radical (unpaired) electrons. The van der Waals surface area contributed by atoms with E-state index in [0.29, 0.717) is 19.8 Å². The number of pyridine rings is 1. The number of benzene rings is 1. The minimum Gasteiger partial charge on any atom is -0.382 e. The molecule has 3 heterocycles. The van der Waals surface area contributed by atoms with E-state index in [1.54, 1.807) is 13.3 Å². The molecular weight excluding hydrogens is 440 g/mol. The van der Waals surface area contributed by atoms with Crippen LogP contribution >= 0.6 is 0 Å². The topological polar surface area (TPSA) is 66.9 Å². The molecule has 1 aromatic carbocycles. The monoisotopic (exact) mass is 478 g/mol. The number of methoxy groups -OCH3 is 1. The predicted octanol–water partition coefficient (Wildman–Crippen LogP) is 5.27. The molecule has 5 rings (SSSR count). The summed E-state index contributed by atoms with van der Waals surface area (Å²) >= 11 is 0. The minimum absolute atomic E-state index is 0.0936. The van der Waals surface area contributed by atoms with Crippen molar-refractivity contribution in [3.8, 4) is 0 Å². The highest BCUT2D eigenvalue weighted by Gasteiger charge is 2.34. The Labute approximate surface area is 208 Å². The van der Waals surface area contributed by atoms with Gasteiger partial charge in [0.1, 0.15) is 5.82 Å². The van der Waals surface area contributed by atoms with E-state index in [2.05, 4.69) is 53.3 Å². The first kappa shape index (κ1) is 24.1. The fraction of sp³-hybridized carbons (Fsp3) is 0.571. The van der Waals surface area contributed by atoms with Gasteiger partial charge in [-0.1, -0.05) is 25.3 Å². The SMILES string of the molecule is COC(C)CC1COCC(C)N1c1ccc2c(c1)N(C(=O)C1CCCCC1)Cc1cccnc1N2. The van der Waals surface area contributed by atoms with E-state index in [0.717, 1.165) is 60.5 Å². The molecule has 7 heteroatoms. The van der Waals surface area contributed by atoms with Crippen LogP contribution in [0, 0.1) is 5.92 Å². The molecule has 0 bridgehead atoms. The fourth-order valence-corrected chi connectivity index (χ4v) is 5.86. The first-order valence-corrected chi connectivity index (χ1v) is 13.1. The average Bonchev–Trinajstić information content (AvgIpc) is 3.05. The summed E-state index contributed by atoms with van der Waals surface area (Å²) in [5.74, 6) is 1.16. The minimum atomic E-state index is 0.0936. The molecule has 1 N–H and O–H groups in total. The molecule has 0 spiro atoms. The molecular formula is C28H38N4O3. The Morgan fingerprint density at radius 1 is 1.23 bits per heavy atom. The van der Waals surface area contributed by atoms with E-state index in [9.17, 15) is 4.79 Å². The summed E-state index contributed by atoms with van der Waals surface area (Å²) in [6.45, 7) is 6.21. The number of nitrogens with zero attached hydrogens (tertiary/aromatic N) is 3. The van der Waals surface area contributed by atoms with Crippen LogP contribution in [0.15, 0.2) is 36.5 Å². The lowest BCUT2D eigenvalue weighted by Gasteiger charge is -2.43. The molecule has 7 nitrogen and oxygen atoms in total. The number of hydrogen-bond donors (Lipinski definition) is 1. The van der Waals surface area contributed by atoms with E-state index in [1.807, 2.05) is 11.0 Å². The Morgan fingerprint density at radius 3 is 2.86 bits per heavy atom. The van der Waals surface area contributed by atoms with Gasteiger partial charge >= 0.3 is 0 Å². The number of morpholine rings is 1. The van der Waals surface area contributed by atoms with Gasteiger partial charge in [-0.25, -0.2) is 4.98 Å². The molecule has 1 aromatic heterocycles. The molecule has 3 aliphatic rings. The number of hydrogen-bond acceptors (Lipinski definition) is 6. The molecule has 1 saturated heterocycles. The molecule has 3 atom stereocenters. The predicted molar refractivity (Wildman–Crippen MR) is 139 cm³/mol. The summed E-state index contributed by atoms with van der Waals surface area (Å²) in [5, 5.41) is 3.52. The van der Waals surface area contributed by atoms with Crippen LogP contribution in [-0.4, -0.2) is 49.4 Å². The Hall–Kier alpha value is -2.64. The van der Waals surface area contributed by atoms with Crippen LogP contribution in [0.3, 0.4) is 0 Å². The molecule has 2 aromatic rings. The lowest BCUT2D eigenvalue weighted by Crippen LogP contribution is -2.52. The number of ether oxygens (including phenoxy) is 2. The van der Waals surface area contributed by atoms with Crippen molar-refractivity contribution in [1.82, 2.24) is 4.98 Å². The second-order valence-corrected chi connectivity index (χ2v) is 10.3. The Balaban J connectivity index is 1.53. The highest BCUT2D eigenvalue weighted by Crippen LogP contribution is 2.40. The van der Waals surface area contributed by atoms with Gasteiger partial charge in [0.25, 0.3) is 0 Å². The number of nitrogens with one attached hydrogen (secondary N) is 1. The third kappa shape index (κ3) is 5.02. The smallest absolute Gasteiger partial charge is 0.230 e. The second-order valence-electron chi connectivity index (χ2n) is 10.3. The summed E-state index contributed by atoms with van der Waals surface area (Å²) < 4.78 is 11.5. The van der Waals surface area contributed by atoms with Gasteiger partial charge in [0.15, 0.2) is 0 Å². The molecule has 1 aliphatic carbocycles. The van der Waals surface area contributed by atoms with Gasteiger partial charge in [-0.05, 0) is 57.4 Å². The highest BCUT2D eigenvalue weighted by atomic mass is 16.5. The van der Waals surface area contributed by atoms with Crippen molar-refractivity contribution in [2.45, 2.75) is 77.1 Å². The molecule has 2 fully saturated rings. The third-order valence-corrected chi connectivity index (χ3v) is 7.81. The Morgan fingerprint density at radius 2 is 2.06 bits per heavy atom. The zero-order valence-corrected chi connectivity index (χ0v) is 21.2. The van der Waals surface area contributed by atoms with Crippen molar-refractivity contribution in [1.29, 1.82) is 0 Å². The van der Waals surface area contributed by atoms with E-state index in [-0.39, 0.29) is 30.0 Å². The van der Waals surface area contributed by atoms with Gasteiger partial charge < -0.3 is 24.6 Å². The lowest BCUT2D eigenvalue weighted by atomic mass is 9.88. The zero-order chi connectivity index (χ0) is 24.4. The van der Waals surface area contributed by atoms with Crippen LogP contribution in [0.2, 0.25) is 0 Å². The van der Waals surface area contributed by atoms with Crippen molar-refractivity contribution in [3.63, 3.8) is 0 Å². The molecule has 35 heavy (non-hydrogen) atoms. The van der Waals surface area contributed by atoms with Crippen molar-refractivity contribution >= 4 is 28.8 Å². The number of carbonyl (C=O) groups excluding carboxylic acids is 1. The van der Waals surface area contributed by atoms with Gasteiger partial charge in [-0.3, -0.25) is 4.79 Å². The number of rotatable bonds is 5. The largest absolute Gasteiger partial charge is 0.382 e. The summed E-state index contributed by atoms with van der Waals surface area (Å²) in [6, 6.07) is 10.9. The number of aromatic nitrogens is 1. The van der Waals surface area contributed by atoms with Crippen molar-refractivity contribution < 1.29 is 14.3 Å². The first-order chi connectivity index (χ1) is 17.0. The third-order valence-electron chi connectivity index (χ3n) is 7.81. The van der Waals surface area contributed by atoms with Crippen LogP contribution in [0.1, 0.15) is 57.9 Å². The normalized spacial score (nSPS) is 23.6. The molecule has 3 unspecified atom stereocenters. The van der Waals surface area contributed by atoms with E-state index in [1.165, 1.54) is 6.42 Å². The van der Waals surface area contributed by atoms with Crippen LogP contribution in [-0.2, 0) is 20.8 Å². The van der Waals surface area contributed by atoms with Gasteiger partial charge in [0, 0.05) is 36.5 Å². The maximum absolute atomic E-state index is 13.9.